The zero-order valence-corrected chi connectivity index (χ0v) is 11.8. The van der Waals surface area contributed by atoms with Gasteiger partial charge >= 0.3 is 0 Å². The molecule has 0 fully saturated rings. The molecule has 106 valence electrons. The van der Waals surface area contributed by atoms with E-state index < -0.39 is 0 Å². The number of nitrogens with one attached hydrogen (secondary N) is 1. The first-order valence-corrected chi connectivity index (χ1v) is 6.54. The van der Waals surface area contributed by atoms with E-state index in [-0.39, 0.29) is 5.91 Å². The summed E-state index contributed by atoms with van der Waals surface area (Å²) in [6.45, 7) is 4.14. The molecule has 0 aliphatic heterocycles. The fraction of sp³-hybridized carbons (Fsp3) is 0.200. The standard InChI is InChI=1S/C15H14N4O2/c1-9-10(2)19-14-5-11(3-4-13(14)18-9)15(20)16-6-12-7-21-8-17-12/h3-5,7-8H,6H2,1-2H3,(H,16,20). The Balaban J connectivity index is 1.83. The van der Waals surface area contributed by atoms with Crippen molar-refractivity contribution in [1.29, 1.82) is 0 Å². The summed E-state index contributed by atoms with van der Waals surface area (Å²) in [5.41, 5.74) is 4.48. The third-order valence-electron chi connectivity index (χ3n) is 3.25. The molecule has 0 aliphatic rings. The third-order valence-corrected chi connectivity index (χ3v) is 3.25. The number of carbonyl (C=O) groups excluding carboxylic acids is 1. The fourth-order valence-electron chi connectivity index (χ4n) is 1.97. The number of benzene rings is 1. The summed E-state index contributed by atoms with van der Waals surface area (Å²) in [6.07, 6.45) is 2.83. The SMILES string of the molecule is Cc1nc2ccc(C(=O)NCc3cocn3)cc2nc1C. The monoisotopic (exact) mass is 282 g/mol. The normalized spacial score (nSPS) is 10.8. The number of fused-ring (bicyclic) bond motifs is 1. The molecule has 1 N–H and O–H groups in total. The van der Waals surface area contributed by atoms with Crippen molar-refractivity contribution in [2.24, 2.45) is 0 Å². The van der Waals surface area contributed by atoms with Crippen LogP contribution < -0.4 is 5.32 Å². The van der Waals surface area contributed by atoms with Gasteiger partial charge in [-0.15, -0.1) is 0 Å². The molecular formula is C15H14N4O2. The highest BCUT2D eigenvalue weighted by atomic mass is 16.3. The minimum atomic E-state index is -0.181. The minimum absolute atomic E-state index is 0.181. The Morgan fingerprint density at radius 3 is 2.67 bits per heavy atom. The molecule has 2 aromatic heterocycles. The van der Waals surface area contributed by atoms with Gasteiger partial charge < -0.3 is 9.73 Å². The van der Waals surface area contributed by atoms with E-state index >= 15 is 0 Å². The first-order chi connectivity index (χ1) is 10.1. The Hall–Kier alpha value is -2.76. The van der Waals surface area contributed by atoms with Crippen LogP contribution in [0, 0.1) is 13.8 Å². The summed E-state index contributed by atoms with van der Waals surface area (Å²) in [4.78, 5) is 25.0. The fourth-order valence-corrected chi connectivity index (χ4v) is 1.97. The minimum Gasteiger partial charge on any atom is -0.451 e. The zero-order chi connectivity index (χ0) is 14.8. The Morgan fingerprint density at radius 2 is 1.95 bits per heavy atom. The largest absolute Gasteiger partial charge is 0.451 e. The summed E-state index contributed by atoms with van der Waals surface area (Å²) in [5.74, 6) is -0.181. The summed E-state index contributed by atoms with van der Waals surface area (Å²) in [6, 6.07) is 5.29. The number of amides is 1. The average molecular weight is 282 g/mol. The van der Waals surface area contributed by atoms with Gasteiger partial charge in [-0.05, 0) is 32.0 Å². The molecule has 3 aromatic rings. The highest BCUT2D eigenvalue weighted by molar-refractivity contribution is 5.97. The molecule has 0 saturated carbocycles. The summed E-state index contributed by atoms with van der Waals surface area (Å²) in [5, 5.41) is 2.78. The topological polar surface area (TPSA) is 80.9 Å². The first-order valence-electron chi connectivity index (χ1n) is 6.54. The lowest BCUT2D eigenvalue weighted by molar-refractivity contribution is 0.0950. The van der Waals surface area contributed by atoms with Crippen LogP contribution in [0.4, 0.5) is 0 Å². The van der Waals surface area contributed by atoms with E-state index in [4.69, 9.17) is 4.42 Å². The molecule has 3 rings (SSSR count). The van der Waals surface area contributed by atoms with Crippen LogP contribution in [0.5, 0.6) is 0 Å². The number of hydrogen-bond donors (Lipinski definition) is 1. The van der Waals surface area contributed by atoms with Crippen molar-refractivity contribution in [1.82, 2.24) is 20.3 Å². The van der Waals surface area contributed by atoms with Crippen molar-refractivity contribution in [2.75, 3.05) is 0 Å². The molecule has 6 nitrogen and oxygen atoms in total. The van der Waals surface area contributed by atoms with Crippen molar-refractivity contribution in [3.63, 3.8) is 0 Å². The molecule has 0 saturated heterocycles. The Bertz CT molecular complexity index is 797. The van der Waals surface area contributed by atoms with Crippen LogP contribution >= 0.6 is 0 Å². The maximum absolute atomic E-state index is 12.1. The van der Waals surface area contributed by atoms with Crippen molar-refractivity contribution in [3.05, 3.63) is 53.5 Å². The van der Waals surface area contributed by atoms with Crippen molar-refractivity contribution < 1.29 is 9.21 Å². The quantitative estimate of drug-likeness (QED) is 0.796. The van der Waals surface area contributed by atoms with Gasteiger partial charge in [0.15, 0.2) is 6.39 Å². The summed E-state index contributed by atoms with van der Waals surface area (Å²) in [7, 11) is 0. The molecule has 0 atom stereocenters. The Kier molecular flexibility index (Phi) is 3.35. The van der Waals surface area contributed by atoms with Gasteiger partial charge in [0, 0.05) is 5.56 Å². The molecule has 0 bridgehead atoms. The van der Waals surface area contributed by atoms with Gasteiger partial charge in [0.05, 0.1) is 34.7 Å². The van der Waals surface area contributed by atoms with Gasteiger partial charge in [0.25, 0.3) is 5.91 Å². The molecule has 1 amide bonds. The Labute approximate surface area is 121 Å². The van der Waals surface area contributed by atoms with Crippen LogP contribution in [0.1, 0.15) is 27.4 Å². The average Bonchev–Trinajstić information content (AvgIpc) is 2.99. The number of rotatable bonds is 3. The first kappa shape index (κ1) is 13.2. The zero-order valence-electron chi connectivity index (χ0n) is 11.8. The lowest BCUT2D eigenvalue weighted by Crippen LogP contribution is -2.22. The van der Waals surface area contributed by atoms with E-state index in [9.17, 15) is 4.79 Å². The molecule has 0 aliphatic carbocycles. The molecule has 0 spiro atoms. The van der Waals surface area contributed by atoms with E-state index in [2.05, 4.69) is 20.3 Å². The summed E-state index contributed by atoms with van der Waals surface area (Å²) >= 11 is 0. The maximum atomic E-state index is 12.1. The van der Waals surface area contributed by atoms with Crippen molar-refractivity contribution in [3.8, 4) is 0 Å². The van der Waals surface area contributed by atoms with E-state index in [1.807, 2.05) is 13.8 Å². The number of aryl methyl sites for hydroxylation is 2. The maximum Gasteiger partial charge on any atom is 0.251 e. The van der Waals surface area contributed by atoms with E-state index in [0.717, 1.165) is 16.9 Å². The van der Waals surface area contributed by atoms with Gasteiger partial charge in [0.1, 0.15) is 6.26 Å². The molecule has 6 heteroatoms. The van der Waals surface area contributed by atoms with Crippen LogP contribution in [-0.2, 0) is 6.54 Å². The van der Waals surface area contributed by atoms with E-state index in [1.54, 1.807) is 18.2 Å². The van der Waals surface area contributed by atoms with Gasteiger partial charge in [-0.3, -0.25) is 4.79 Å². The highest BCUT2D eigenvalue weighted by Crippen LogP contribution is 2.14. The van der Waals surface area contributed by atoms with Crippen LogP contribution in [0.15, 0.2) is 35.3 Å². The molecule has 2 heterocycles. The number of nitrogens with zero attached hydrogens (tertiary/aromatic N) is 3. The van der Waals surface area contributed by atoms with Crippen LogP contribution in [0.3, 0.4) is 0 Å². The molecule has 21 heavy (non-hydrogen) atoms. The second-order valence-electron chi connectivity index (χ2n) is 4.76. The van der Waals surface area contributed by atoms with Gasteiger partial charge in [-0.2, -0.15) is 0 Å². The van der Waals surface area contributed by atoms with Crippen LogP contribution in [0.2, 0.25) is 0 Å². The van der Waals surface area contributed by atoms with Crippen molar-refractivity contribution in [2.45, 2.75) is 20.4 Å². The lowest BCUT2D eigenvalue weighted by atomic mass is 10.1. The predicted octanol–water partition coefficient (Wildman–Crippen LogP) is 2.16. The van der Waals surface area contributed by atoms with Gasteiger partial charge in [0.2, 0.25) is 0 Å². The van der Waals surface area contributed by atoms with Crippen LogP contribution in [-0.4, -0.2) is 20.9 Å². The molecular weight excluding hydrogens is 268 g/mol. The third kappa shape index (κ3) is 2.74. The van der Waals surface area contributed by atoms with Gasteiger partial charge in [-0.25, -0.2) is 15.0 Å². The highest BCUT2D eigenvalue weighted by Gasteiger charge is 2.09. The van der Waals surface area contributed by atoms with E-state index in [1.165, 1.54) is 12.7 Å². The molecule has 1 aromatic carbocycles. The second kappa shape index (κ2) is 5.32. The molecule has 0 radical (unpaired) electrons. The number of oxazole rings is 1. The molecule has 0 unspecified atom stereocenters. The van der Waals surface area contributed by atoms with Crippen LogP contribution in [0.25, 0.3) is 11.0 Å². The number of hydrogen-bond acceptors (Lipinski definition) is 5. The predicted molar refractivity (Wildman–Crippen MR) is 76.7 cm³/mol. The second-order valence-corrected chi connectivity index (χ2v) is 4.76. The lowest BCUT2D eigenvalue weighted by Gasteiger charge is -2.06. The number of aromatic nitrogens is 3. The Morgan fingerprint density at radius 1 is 1.19 bits per heavy atom. The van der Waals surface area contributed by atoms with Gasteiger partial charge in [-0.1, -0.05) is 0 Å². The van der Waals surface area contributed by atoms with E-state index in [0.29, 0.717) is 23.3 Å². The smallest absolute Gasteiger partial charge is 0.251 e. The van der Waals surface area contributed by atoms with Crippen molar-refractivity contribution >= 4 is 16.9 Å². The number of carbonyl (C=O) groups is 1. The summed E-state index contributed by atoms with van der Waals surface area (Å²) < 4.78 is 4.85.